The standard InChI is InChI=1S/C26H36N4O4/c1-5-32-14-15-34-26-28-25(21-8-6-20(4)7-9-21)30(29-26)23-12-10-22(11-13-23)27-16-24(31)18-33-17-19(2)3/h6-13,19,24,27,31H,5,14-18H2,1-4H3. The molecule has 0 saturated carbocycles. The fourth-order valence-corrected chi connectivity index (χ4v) is 3.21. The van der Waals surface area contributed by atoms with Gasteiger partial charge in [0.1, 0.15) is 6.61 Å². The summed E-state index contributed by atoms with van der Waals surface area (Å²) >= 11 is 0. The van der Waals surface area contributed by atoms with Crippen LogP contribution in [0.25, 0.3) is 17.1 Å². The van der Waals surface area contributed by atoms with Crippen LogP contribution in [-0.4, -0.2) is 65.6 Å². The molecule has 8 nitrogen and oxygen atoms in total. The van der Waals surface area contributed by atoms with Crippen molar-refractivity contribution < 1.29 is 19.3 Å². The van der Waals surface area contributed by atoms with Crippen molar-refractivity contribution in [3.8, 4) is 23.1 Å². The van der Waals surface area contributed by atoms with Crippen molar-refractivity contribution in [2.45, 2.75) is 33.8 Å². The number of hydrogen-bond donors (Lipinski definition) is 2. The van der Waals surface area contributed by atoms with Gasteiger partial charge in [-0.2, -0.15) is 4.98 Å². The highest BCUT2D eigenvalue weighted by Crippen LogP contribution is 2.25. The number of nitrogens with zero attached hydrogens (tertiary/aromatic N) is 3. The highest BCUT2D eigenvalue weighted by Gasteiger charge is 2.15. The normalized spacial score (nSPS) is 12.2. The molecule has 8 heteroatoms. The van der Waals surface area contributed by atoms with Gasteiger partial charge < -0.3 is 24.6 Å². The van der Waals surface area contributed by atoms with Gasteiger partial charge in [0.25, 0.3) is 0 Å². The highest BCUT2D eigenvalue weighted by molar-refractivity contribution is 5.60. The number of aryl methyl sites for hydroxylation is 1. The van der Waals surface area contributed by atoms with E-state index in [2.05, 4.69) is 36.2 Å². The van der Waals surface area contributed by atoms with Crippen LogP contribution in [0.2, 0.25) is 0 Å². The second-order valence-corrected chi connectivity index (χ2v) is 8.55. The Labute approximate surface area is 201 Å². The summed E-state index contributed by atoms with van der Waals surface area (Å²) in [6.07, 6.45) is -0.571. The maximum Gasteiger partial charge on any atom is 0.336 e. The van der Waals surface area contributed by atoms with Gasteiger partial charge in [-0.1, -0.05) is 43.7 Å². The van der Waals surface area contributed by atoms with E-state index in [1.807, 2.05) is 55.5 Å². The van der Waals surface area contributed by atoms with Crippen molar-refractivity contribution in [2.75, 3.05) is 44.9 Å². The van der Waals surface area contributed by atoms with Crippen molar-refractivity contribution in [1.29, 1.82) is 0 Å². The van der Waals surface area contributed by atoms with Crippen molar-refractivity contribution in [3.05, 3.63) is 54.1 Å². The molecule has 0 spiro atoms. The topological polar surface area (TPSA) is 90.7 Å². The fraction of sp³-hybridized carbons (Fsp3) is 0.462. The number of benzene rings is 2. The molecule has 3 rings (SSSR count). The molecule has 2 aromatic carbocycles. The summed E-state index contributed by atoms with van der Waals surface area (Å²) in [4.78, 5) is 4.62. The second kappa shape index (κ2) is 13.1. The summed E-state index contributed by atoms with van der Waals surface area (Å²) in [5, 5.41) is 17.9. The van der Waals surface area contributed by atoms with Crippen LogP contribution in [0, 0.1) is 12.8 Å². The summed E-state index contributed by atoms with van der Waals surface area (Å²) < 4.78 is 18.3. The lowest BCUT2D eigenvalue weighted by atomic mass is 10.1. The largest absolute Gasteiger partial charge is 0.460 e. The Kier molecular flexibility index (Phi) is 9.88. The Bertz CT molecular complexity index is 987. The van der Waals surface area contributed by atoms with Crippen LogP contribution in [0.15, 0.2) is 48.5 Å². The SMILES string of the molecule is CCOCCOc1nc(-c2ccc(C)cc2)n(-c2ccc(NCC(O)COCC(C)C)cc2)n1. The van der Waals surface area contributed by atoms with Crippen LogP contribution in [-0.2, 0) is 9.47 Å². The van der Waals surface area contributed by atoms with Gasteiger partial charge in [0, 0.05) is 31.0 Å². The molecule has 34 heavy (non-hydrogen) atoms. The van der Waals surface area contributed by atoms with Crippen molar-refractivity contribution >= 4 is 5.69 Å². The van der Waals surface area contributed by atoms with E-state index in [0.29, 0.717) is 57.3 Å². The maximum absolute atomic E-state index is 10.1. The van der Waals surface area contributed by atoms with Gasteiger partial charge in [-0.25, -0.2) is 4.68 Å². The van der Waals surface area contributed by atoms with Crippen LogP contribution in [0.1, 0.15) is 26.3 Å². The quantitative estimate of drug-likeness (QED) is 0.344. The molecular formula is C26H36N4O4. The van der Waals surface area contributed by atoms with E-state index in [4.69, 9.17) is 14.2 Å². The molecular weight excluding hydrogens is 432 g/mol. The van der Waals surface area contributed by atoms with Crippen LogP contribution < -0.4 is 10.1 Å². The van der Waals surface area contributed by atoms with Crippen LogP contribution in [0.4, 0.5) is 5.69 Å². The van der Waals surface area contributed by atoms with Crippen molar-refractivity contribution in [1.82, 2.24) is 14.8 Å². The lowest BCUT2D eigenvalue weighted by Gasteiger charge is -2.14. The smallest absolute Gasteiger partial charge is 0.336 e. The number of aliphatic hydroxyl groups excluding tert-OH is 1. The predicted octanol–water partition coefficient (Wildman–Crippen LogP) is 4.10. The van der Waals surface area contributed by atoms with Crippen LogP contribution in [0.3, 0.4) is 0 Å². The summed E-state index contributed by atoms with van der Waals surface area (Å²) in [6, 6.07) is 16.3. The van der Waals surface area contributed by atoms with Gasteiger partial charge in [-0.15, -0.1) is 5.10 Å². The Morgan fingerprint density at radius 3 is 2.38 bits per heavy atom. The molecule has 2 N–H and O–H groups in total. The molecule has 1 heterocycles. The first-order valence-electron chi connectivity index (χ1n) is 11.8. The predicted molar refractivity (Wildman–Crippen MR) is 134 cm³/mol. The first-order chi connectivity index (χ1) is 16.5. The minimum absolute atomic E-state index is 0.307. The highest BCUT2D eigenvalue weighted by atomic mass is 16.5. The average molecular weight is 469 g/mol. The van der Waals surface area contributed by atoms with Gasteiger partial charge in [0.15, 0.2) is 5.82 Å². The Morgan fingerprint density at radius 2 is 1.71 bits per heavy atom. The number of rotatable bonds is 14. The van der Waals surface area contributed by atoms with E-state index in [0.717, 1.165) is 16.9 Å². The molecule has 184 valence electrons. The zero-order valence-electron chi connectivity index (χ0n) is 20.5. The van der Waals surface area contributed by atoms with E-state index in [1.54, 1.807) is 4.68 Å². The van der Waals surface area contributed by atoms with Gasteiger partial charge in [0.2, 0.25) is 0 Å². The van der Waals surface area contributed by atoms with Crippen LogP contribution >= 0.6 is 0 Å². The van der Waals surface area contributed by atoms with E-state index in [1.165, 1.54) is 5.56 Å². The van der Waals surface area contributed by atoms with E-state index < -0.39 is 6.10 Å². The molecule has 0 aliphatic heterocycles. The zero-order chi connectivity index (χ0) is 24.3. The summed E-state index contributed by atoms with van der Waals surface area (Å²) in [6.45, 7) is 11.0. The lowest BCUT2D eigenvalue weighted by molar-refractivity contribution is 0.0318. The molecule has 0 aliphatic rings. The van der Waals surface area contributed by atoms with E-state index >= 15 is 0 Å². The monoisotopic (exact) mass is 468 g/mol. The van der Waals surface area contributed by atoms with Crippen LogP contribution in [0.5, 0.6) is 6.01 Å². The number of anilines is 1. The Balaban J connectivity index is 1.70. The summed E-state index contributed by atoms with van der Waals surface area (Å²) in [7, 11) is 0. The summed E-state index contributed by atoms with van der Waals surface area (Å²) in [5.41, 5.74) is 3.88. The maximum atomic E-state index is 10.1. The molecule has 0 bridgehead atoms. The molecule has 1 atom stereocenters. The van der Waals surface area contributed by atoms with Gasteiger partial charge in [0.05, 0.1) is 25.0 Å². The number of aromatic nitrogens is 3. The third kappa shape index (κ3) is 7.83. The number of ether oxygens (including phenoxy) is 3. The van der Waals surface area contributed by atoms with E-state index in [-0.39, 0.29) is 0 Å². The second-order valence-electron chi connectivity index (χ2n) is 8.55. The van der Waals surface area contributed by atoms with Crippen molar-refractivity contribution in [3.63, 3.8) is 0 Å². The molecule has 3 aromatic rings. The molecule has 0 fully saturated rings. The van der Waals surface area contributed by atoms with Crippen molar-refractivity contribution in [2.24, 2.45) is 5.92 Å². The summed E-state index contributed by atoms with van der Waals surface area (Å²) in [5.74, 6) is 1.15. The Hall–Kier alpha value is -2.94. The van der Waals surface area contributed by atoms with E-state index in [9.17, 15) is 5.11 Å². The number of aliphatic hydroxyl groups is 1. The minimum atomic E-state index is -0.571. The molecule has 0 saturated heterocycles. The molecule has 1 aromatic heterocycles. The minimum Gasteiger partial charge on any atom is -0.460 e. The van der Waals surface area contributed by atoms with Gasteiger partial charge in [-0.05, 0) is 44.0 Å². The first kappa shape index (κ1) is 25.7. The number of hydrogen-bond acceptors (Lipinski definition) is 7. The molecule has 1 unspecified atom stereocenters. The third-order valence-corrected chi connectivity index (χ3v) is 4.98. The Morgan fingerprint density at radius 1 is 0.971 bits per heavy atom. The number of nitrogens with one attached hydrogen (secondary N) is 1. The fourth-order valence-electron chi connectivity index (χ4n) is 3.21. The molecule has 0 amide bonds. The molecule has 0 radical (unpaired) electrons. The first-order valence-corrected chi connectivity index (χ1v) is 11.8. The average Bonchev–Trinajstić information content (AvgIpc) is 3.25. The van der Waals surface area contributed by atoms with Gasteiger partial charge >= 0.3 is 6.01 Å². The zero-order valence-corrected chi connectivity index (χ0v) is 20.5. The molecule has 0 aliphatic carbocycles. The lowest BCUT2D eigenvalue weighted by Crippen LogP contribution is -2.25. The third-order valence-electron chi connectivity index (χ3n) is 4.98. The van der Waals surface area contributed by atoms with Gasteiger partial charge in [-0.3, -0.25) is 0 Å².